The molecule has 1 aliphatic rings. The lowest BCUT2D eigenvalue weighted by atomic mass is 10.4. The lowest BCUT2D eigenvalue weighted by molar-refractivity contribution is -0.0389. The molecule has 0 saturated carbocycles. The van der Waals surface area contributed by atoms with E-state index in [9.17, 15) is 0 Å². The number of rotatable bonds is 5. The van der Waals surface area contributed by atoms with Crippen LogP contribution in [0.4, 0.5) is 0 Å². The first-order chi connectivity index (χ1) is 5.83. The Bertz CT molecular complexity index is 115. The zero-order valence-electron chi connectivity index (χ0n) is 8.38. The molecule has 12 heavy (non-hydrogen) atoms. The van der Waals surface area contributed by atoms with Crippen LogP contribution in [-0.4, -0.2) is 27.2 Å². The van der Waals surface area contributed by atoms with E-state index < -0.39 is 9.04 Å². The maximum atomic E-state index is 5.89. The Balaban J connectivity index is 2.03. The number of hydrogen-bond acceptors (Lipinski definition) is 2. The quantitative estimate of drug-likeness (QED) is 0.612. The van der Waals surface area contributed by atoms with E-state index in [-0.39, 0.29) is 0 Å². The van der Waals surface area contributed by atoms with Crippen LogP contribution in [0.3, 0.4) is 0 Å². The molecule has 3 heteroatoms. The van der Waals surface area contributed by atoms with Gasteiger partial charge in [-0.3, -0.25) is 0 Å². The molecular weight excluding hydrogens is 166 g/mol. The normalized spacial score (nSPS) is 21.5. The highest BCUT2D eigenvalue weighted by Crippen LogP contribution is 2.11. The van der Waals surface area contributed by atoms with Crippen LogP contribution in [0.1, 0.15) is 32.6 Å². The summed E-state index contributed by atoms with van der Waals surface area (Å²) in [6.07, 6.45) is 5.31. The second-order valence-corrected chi connectivity index (χ2v) is 6.10. The molecule has 0 N–H and O–H groups in total. The predicted octanol–water partition coefficient (Wildman–Crippen LogP) is 2.17. The first-order valence-electron chi connectivity index (χ1n) is 5.24. The fraction of sp³-hybridized carbons (Fsp3) is 1.00. The lowest BCUT2D eigenvalue weighted by Gasteiger charge is -2.19. The van der Waals surface area contributed by atoms with E-state index in [1.807, 2.05) is 0 Å². The van der Waals surface area contributed by atoms with Crippen molar-refractivity contribution in [3.8, 4) is 0 Å². The van der Waals surface area contributed by atoms with E-state index in [1.165, 1.54) is 44.8 Å². The van der Waals surface area contributed by atoms with Gasteiger partial charge < -0.3 is 4.53 Å². The molecule has 1 saturated heterocycles. The lowest BCUT2D eigenvalue weighted by Crippen LogP contribution is -2.28. The van der Waals surface area contributed by atoms with Gasteiger partial charge in [-0.2, -0.15) is 0 Å². The van der Waals surface area contributed by atoms with Gasteiger partial charge in [0.15, 0.2) is 0 Å². The van der Waals surface area contributed by atoms with Crippen LogP contribution in [0.5, 0.6) is 0 Å². The van der Waals surface area contributed by atoms with E-state index in [4.69, 9.17) is 4.53 Å². The summed E-state index contributed by atoms with van der Waals surface area (Å²) in [5.74, 6) is 0. The van der Waals surface area contributed by atoms with Crippen LogP contribution in [0, 0.1) is 0 Å². The van der Waals surface area contributed by atoms with Gasteiger partial charge in [-0.1, -0.05) is 19.8 Å². The molecule has 0 bridgehead atoms. The maximum Gasteiger partial charge on any atom is 0.202 e. The Morgan fingerprint density at radius 1 is 1.33 bits per heavy atom. The monoisotopic (exact) mass is 187 g/mol. The van der Waals surface area contributed by atoms with Gasteiger partial charge in [-0.05, 0) is 25.4 Å². The molecule has 1 rings (SSSR count). The Morgan fingerprint density at radius 2 is 2.00 bits per heavy atom. The van der Waals surface area contributed by atoms with Crippen molar-refractivity contribution in [3.63, 3.8) is 0 Å². The molecule has 72 valence electrons. The fourth-order valence-corrected chi connectivity index (χ4v) is 3.40. The Kier molecular flexibility index (Phi) is 4.88. The third-order valence-corrected chi connectivity index (χ3v) is 4.24. The van der Waals surface area contributed by atoms with Gasteiger partial charge in [0.2, 0.25) is 9.04 Å². The van der Waals surface area contributed by atoms with E-state index in [1.54, 1.807) is 0 Å². The van der Waals surface area contributed by atoms with Gasteiger partial charge in [0.1, 0.15) is 0 Å². The van der Waals surface area contributed by atoms with E-state index in [2.05, 4.69) is 18.5 Å². The minimum absolute atomic E-state index is 0.847. The molecule has 0 aromatic heterocycles. The smallest absolute Gasteiger partial charge is 0.202 e. The van der Waals surface area contributed by atoms with Crippen molar-refractivity contribution in [3.05, 3.63) is 0 Å². The second-order valence-electron chi connectivity index (χ2n) is 3.69. The standard InChI is InChI=1S/C9H21NOSi/c1-3-4-9-12(2)11-10-7-5-6-8-10/h12H,3-9H2,1-2H3. The molecule has 1 fully saturated rings. The molecule has 0 aromatic carbocycles. The zero-order valence-corrected chi connectivity index (χ0v) is 9.54. The topological polar surface area (TPSA) is 12.5 Å². The van der Waals surface area contributed by atoms with Crippen molar-refractivity contribution in [1.29, 1.82) is 0 Å². The molecule has 0 spiro atoms. The summed E-state index contributed by atoms with van der Waals surface area (Å²) in [4.78, 5) is 0. The molecule has 0 aliphatic carbocycles. The van der Waals surface area contributed by atoms with Crippen molar-refractivity contribution in [2.24, 2.45) is 0 Å². The minimum Gasteiger partial charge on any atom is -0.347 e. The van der Waals surface area contributed by atoms with Crippen molar-refractivity contribution in [2.45, 2.75) is 45.2 Å². The second kappa shape index (κ2) is 5.73. The molecule has 1 aliphatic heterocycles. The molecular formula is C9H21NOSi. The largest absolute Gasteiger partial charge is 0.347 e. The summed E-state index contributed by atoms with van der Waals surface area (Å²) in [5.41, 5.74) is 0. The number of hydrogen-bond donors (Lipinski definition) is 0. The highest BCUT2D eigenvalue weighted by atomic mass is 28.3. The molecule has 1 unspecified atom stereocenters. The molecule has 1 heterocycles. The van der Waals surface area contributed by atoms with Crippen LogP contribution >= 0.6 is 0 Å². The Hall–Kier alpha value is 0.137. The van der Waals surface area contributed by atoms with Gasteiger partial charge in [-0.15, -0.1) is 0 Å². The molecule has 0 aromatic rings. The predicted molar refractivity (Wildman–Crippen MR) is 54.6 cm³/mol. The molecule has 0 amide bonds. The summed E-state index contributed by atoms with van der Waals surface area (Å²) in [7, 11) is -0.847. The summed E-state index contributed by atoms with van der Waals surface area (Å²) in [6, 6.07) is 1.34. The van der Waals surface area contributed by atoms with E-state index in [0.29, 0.717) is 0 Å². The highest BCUT2D eigenvalue weighted by molar-refractivity contribution is 6.49. The van der Waals surface area contributed by atoms with E-state index in [0.717, 1.165) is 0 Å². The minimum atomic E-state index is -0.847. The van der Waals surface area contributed by atoms with Gasteiger partial charge in [0.25, 0.3) is 0 Å². The van der Waals surface area contributed by atoms with Crippen LogP contribution < -0.4 is 0 Å². The number of hydroxylamine groups is 2. The van der Waals surface area contributed by atoms with Gasteiger partial charge in [0.05, 0.1) is 0 Å². The summed E-state index contributed by atoms with van der Waals surface area (Å²) in [5, 5.41) is 2.19. The number of nitrogens with zero attached hydrogens (tertiary/aromatic N) is 1. The first kappa shape index (κ1) is 10.2. The molecule has 0 radical (unpaired) electrons. The van der Waals surface area contributed by atoms with Gasteiger partial charge >= 0.3 is 0 Å². The summed E-state index contributed by atoms with van der Waals surface area (Å²) < 4.78 is 5.89. The molecule has 2 nitrogen and oxygen atoms in total. The van der Waals surface area contributed by atoms with Crippen molar-refractivity contribution < 1.29 is 4.53 Å². The van der Waals surface area contributed by atoms with Gasteiger partial charge in [-0.25, -0.2) is 5.06 Å². The SMILES string of the molecule is CCCC[SiH](C)ON1CCCC1. The number of unbranched alkanes of at least 4 members (excludes halogenated alkanes) is 1. The molecule has 1 atom stereocenters. The highest BCUT2D eigenvalue weighted by Gasteiger charge is 2.15. The third-order valence-electron chi connectivity index (χ3n) is 2.36. The van der Waals surface area contributed by atoms with Crippen molar-refractivity contribution in [2.75, 3.05) is 13.1 Å². The first-order valence-corrected chi connectivity index (χ1v) is 7.69. The third kappa shape index (κ3) is 3.69. The summed E-state index contributed by atoms with van der Waals surface area (Å²) in [6.45, 7) is 6.90. The van der Waals surface area contributed by atoms with Crippen molar-refractivity contribution >= 4 is 9.04 Å². The van der Waals surface area contributed by atoms with Crippen LogP contribution in [0.15, 0.2) is 0 Å². The average molecular weight is 187 g/mol. The Morgan fingerprint density at radius 3 is 2.58 bits per heavy atom. The fourth-order valence-electron chi connectivity index (χ4n) is 1.59. The van der Waals surface area contributed by atoms with Gasteiger partial charge in [0, 0.05) is 13.1 Å². The maximum absolute atomic E-state index is 5.89. The average Bonchev–Trinajstić information content (AvgIpc) is 2.53. The van der Waals surface area contributed by atoms with Crippen LogP contribution in [-0.2, 0) is 4.53 Å². The zero-order chi connectivity index (χ0) is 8.81. The summed E-state index contributed by atoms with van der Waals surface area (Å²) >= 11 is 0. The van der Waals surface area contributed by atoms with Crippen LogP contribution in [0.2, 0.25) is 12.6 Å². The van der Waals surface area contributed by atoms with Crippen molar-refractivity contribution in [1.82, 2.24) is 5.06 Å². The van der Waals surface area contributed by atoms with Crippen LogP contribution in [0.25, 0.3) is 0 Å². The Labute approximate surface area is 77.6 Å². The van der Waals surface area contributed by atoms with E-state index >= 15 is 0 Å².